The fourth-order valence-corrected chi connectivity index (χ4v) is 0.0781. The number of aliphatic carboxylic acids is 1. The van der Waals surface area contributed by atoms with Crippen LogP contribution in [0.2, 0.25) is 0 Å². The van der Waals surface area contributed by atoms with Gasteiger partial charge in [-0.15, -0.1) is 0 Å². The van der Waals surface area contributed by atoms with Crippen molar-refractivity contribution >= 4 is 5.97 Å². The van der Waals surface area contributed by atoms with Crippen molar-refractivity contribution in [2.24, 2.45) is 5.73 Å². The number of carboxylic acids is 1. The Kier molecular flexibility index (Phi) is 10.1. The minimum atomic E-state index is -1.18. The van der Waals surface area contributed by atoms with Crippen LogP contribution in [0.3, 0.4) is 0 Å². The fourth-order valence-electron chi connectivity index (χ4n) is 0.0781. The highest BCUT2D eigenvalue weighted by molar-refractivity contribution is 5.73. The Labute approximate surface area is 59.1 Å². The molecule has 0 aromatic carbocycles. The predicted molar refractivity (Wildman–Crippen MR) is 35.5 cm³/mol. The molecule has 0 spiro atoms. The molecule has 0 fully saturated rings. The third kappa shape index (κ3) is 10.4. The highest BCUT2D eigenvalue weighted by atomic mass is 16.4. The molecule has 0 rings (SSSR count). The molecule has 5 heteroatoms. The van der Waals surface area contributed by atoms with Crippen molar-refractivity contribution in [2.45, 2.75) is 13.0 Å². The summed E-state index contributed by atoms with van der Waals surface area (Å²) in [4.78, 5) is 9.65. The summed E-state index contributed by atoms with van der Waals surface area (Å²) in [5.41, 5.74) is 4.77. The van der Waals surface area contributed by atoms with Gasteiger partial charge < -0.3 is 21.1 Å². The molecule has 0 aliphatic heterocycles. The average Bonchev–Trinajstić information content (AvgIpc) is 1.88. The lowest BCUT2D eigenvalue weighted by Crippen LogP contribution is -2.33. The summed E-state index contributed by atoms with van der Waals surface area (Å²) in [6, 6.07) is -1.13. The van der Waals surface area contributed by atoms with Crippen LogP contribution in [0.5, 0.6) is 0 Å². The zero-order chi connectivity index (χ0) is 8.57. The van der Waals surface area contributed by atoms with E-state index in [4.69, 9.17) is 21.1 Å². The van der Waals surface area contributed by atoms with Gasteiger partial charge >= 0.3 is 5.97 Å². The molecule has 0 aromatic heterocycles. The smallest absolute Gasteiger partial charge is 0.322 e. The lowest BCUT2D eigenvalue weighted by Gasteiger charge is -1.96. The van der Waals surface area contributed by atoms with Gasteiger partial charge in [0.25, 0.3) is 0 Å². The Morgan fingerprint density at radius 1 is 1.60 bits per heavy atom. The van der Waals surface area contributed by atoms with Crippen LogP contribution in [0.1, 0.15) is 6.92 Å². The second kappa shape index (κ2) is 8.35. The van der Waals surface area contributed by atoms with Crippen LogP contribution >= 0.6 is 0 Å². The second-order valence-corrected chi connectivity index (χ2v) is 1.44. The van der Waals surface area contributed by atoms with Gasteiger partial charge in [-0.1, -0.05) is 0 Å². The topological polar surface area (TPSA) is 104 Å². The maximum atomic E-state index is 9.65. The molecule has 10 heavy (non-hydrogen) atoms. The van der Waals surface area contributed by atoms with Gasteiger partial charge in [0.05, 0.1) is 6.61 Å². The normalized spacial score (nSPS) is 11.2. The minimum absolute atomic E-state index is 0.250. The van der Waals surface area contributed by atoms with E-state index in [0.717, 1.165) is 0 Å². The van der Waals surface area contributed by atoms with Gasteiger partial charge in [-0.25, -0.2) is 0 Å². The van der Waals surface area contributed by atoms with Crippen molar-refractivity contribution in [1.29, 1.82) is 0 Å². The summed E-state index contributed by atoms with van der Waals surface area (Å²) in [6.45, 7) is 1.43. The molecule has 0 radical (unpaired) electrons. The number of rotatable bonds is 2. The van der Waals surface area contributed by atoms with Crippen LogP contribution in [-0.4, -0.2) is 40.5 Å². The number of aliphatic hydroxyl groups excluding tert-OH is 2. The zero-order valence-electron chi connectivity index (χ0n) is 5.82. The van der Waals surface area contributed by atoms with Gasteiger partial charge in [0, 0.05) is 6.61 Å². The van der Waals surface area contributed by atoms with E-state index in [0.29, 0.717) is 0 Å². The molecule has 1 atom stereocenters. The van der Waals surface area contributed by atoms with Crippen molar-refractivity contribution in [3.63, 3.8) is 0 Å². The molecule has 0 amide bonds. The lowest BCUT2D eigenvalue weighted by atomic mass is 10.3. The number of carboxylic acid groups (broad SMARTS) is 1. The van der Waals surface area contributed by atoms with Crippen LogP contribution in [0, 0.1) is 0 Å². The molecule has 62 valence electrons. The highest BCUT2D eigenvalue weighted by Gasteiger charge is 2.06. The maximum Gasteiger partial charge on any atom is 0.322 e. The van der Waals surface area contributed by atoms with E-state index in [9.17, 15) is 4.79 Å². The Bertz CT molecular complexity index is 85.7. The van der Waals surface area contributed by atoms with Crippen LogP contribution in [-0.2, 0) is 4.79 Å². The first-order valence-corrected chi connectivity index (χ1v) is 2.80. The fraction of sp³-hybridized carbons (Fsp3) is 0.800. The van der Waals surface area contributed by atoms with E-state index in [-0.39, 0.29) is 6.61 Å². The molecule has 0 heterocycles. The van der Waals surface area contributed by atoms with Gasteiger partial charge in [-0.3, -0.25) is 4.79 Å². The summed E-state index contributed by atoms with van der Waals surface area (Å²) in [7, 11) is 0. The largest absolute Gasteiger partial charge is 0.480 e. The first-order chi connectivity index (χ1) is 4.59. The molecule has 0 aromatic rings. The number of hydrogen-bond acceptors (Lipinski definition) is 4. The highest BCUT2D eigenvalue weighted by Crippen LogP contribution is 1.71. The van der Waals surface area contributed by atoms with Crippen molar-refractivity contribution in [3.8, 4) is 0 Å². The molecular weight excluding hydrogens is 138 g/mol. The van der Waals surface area contributed by atoms with E-state index in [1.165, 1.54) is 0 Å². The molecule has 0 unspecified atom stereocenters. The van der Waals surface area contributed by atoms with Crippen molar-refractivity contribution < 1.29 is 20.1 Å². The van der Waals surface area contributed by atoms with E-state index in [1.807, 2.05) is 0 Å². The third-order valence-corrected chi connectivity index (χ3v) is 0.514. The van der Waals surface area contributed by atoms with Gasteiger partial charge in [-0.05, 0) is 6.92 Å². The molecular formula is C5H13NO4. The quantitative estimate of drug-likeness (QED) is 0.380. The van der Waals surface area contributed by atoms with Gasteiger partial charge in [0.2, 0.25) is 0 Å². The number of hydrogen-bond donors (Lipinski definition) is 4. The second-order valence-electron chi connectivity index (χ2n) is 1.44. The third-order valence-electron chi connectivity index (χ3n) is 0.514. The van der Waals surface area contributed by atoms with Crippen molar-refractivity contribution in [2.75, 3.05) is 13.2 Å². The first-order valence-electron chi connectivity index (χ1n) is 2.80. The van der Waals surface area contributed by atoms with E-state index in [1.54, 1.807) is 6.92 Å². The Morgan fingerprint density at radius 3 is 1.90 bits per heavy atom. The Hall–Kier alpha value is -0.650. The van der Waals surface area contributed by atoms with Crippen LogP contribution in [0.15, 0.2) is 0 Å². The molecule has 0 saturated carbocycles. The number of aliphatic hydroxyl groups is 2. The Morgan fingerprint density at radius 2 is 1.90 bits per heavy atom. The maximum absolute atomic E-state index is 9.65. The first kappa shape index (κ1) is 12.1. The monoisotopic (exact) mass is 151 g/mol. The molecule has 5 nitrogen and oxygen atoms in total. The molecule has 0 aliphatic rings. The average molecular weight is 151 g/mol. The lowest BCUT2D eigenvalue weighted by molar-refractivity contribution is -0.139. The van der Waals surface area contributed by atoms with Gasteiger partial charge in [0.1, 0.15) is 6.04 Å². The summed E-state index contributed by atoms with van der Waals surface area (Å²) in [5.74, 6) is -1.18. The summed E-state index contributed by atoms with van der Waals surface area (Å²) in [6.07, 6.45) is 0. The summed E-state index contributed by atoms with van der Waals surface area (Å²) >= 11 is 0. The molecule has 0 aliphatic carbocycles. The minimum Gasteiger partial charge on any atom is -0.480 e. The number of carbonyl (C=O) groups is 1. The van der Waals surface area contributed by atoms with Crippen LogP contribution in [0.25, 0.3) is 0 Å². The van der Waals surface area contributed by atoms with Crippen molar-refractivity contribution in [3.05, 3.63) is 0 Å². The van der Waals surface area contributed by atoms with E-state index < -0.39 is 18.6 Å². The zero-order valence-corrected chi connectivity index (χ0v) is 5.82. The molecule has 0 bridgehead atoms. The van der Waals surface area contributed by atoms with Crippen LogP contribution < -0.4 is 5.73 Å². The van der Waals surface area contributed by atoms with E-state index >= 15 is 0 Å². The molecule has 0 saturated heterocycles. The van der Waals surface area contributed by atoms with Gasteiger partial charge in [-0.2, -0.15) is 0 Å². The summed E-state index contributed by atoms with van der Waals surface area (Å²) < 4.78 is 0. The predicted octanol–water partition coefficient (Wildman–Crippen LogP) is -1.61. The van der Waals surface area contributed by atoms with Crippen LogP contribution in [0.4, 0.5) is 0 Å². The Balaban J connectivity index is 0. The van der Waals surface area contributed by atoms with E-state index in [2.05, 4.69) is 0 Å². The van der Waals surface area contributed by atoms with Gasteiger partial charge in [0.15, 0.2) is 0 Å². The van der Waals surface area contributed by atoms with Crippen molar-refractivity contribution in [1.82, 2.24) is 0 Å². The summed E-state index contributed by atoms with van der Waals surface area (Å²) in [5, 5.41) is 23.5. The number of nitrogens with two attached hydrogens (primary N) is 1. The standard InChI is InChI=1S/C3H7NO3.C2H6O/c4-2(1-5)3(6)7;1-2-3/h2,5H,1,4H2,(H,6,7);3H,2H2,1H3/t2-;/m0./s1. The molecule has 5 N–H and O–H groups in total. The SMILES string of the molecule is CCO.N[C@@H](CO)C(=O)O.